The van der Waals surface area contributed by atoms with E-state index in [1.807, 2.05) is 13.8 Å². The first-order valence-corrected chi connectivity index (χ1v) is 5.48. The van der Waals surface area contributed by atoms with Gasteiger partial charge in [0.1, 0.15) is 0 Å². The zero-order chi connectivity index (χ0) is 13.2. The standard InChI is InChI=1S/C8H12N2O2.C4H4N2/c1-4-12-8-6(2)9-5-7(10-8)11-3;1-2-6-4-3-5-1/h5H,4H2,1-3H3;1-4H. The first-order valence-electron chi connectivity index (χ1n) is 5.48. The van der Waals surface area contributed by atoms with Gasteiger partial charge in [-0.15, -0.1) is 0 Å². The van der Waals surface area contributed by atoms with E-state index in [1.54, 1.807) is 38.1 Å². The van der Waals surface area contributed by atoms with E-state index in [2.05, 4.69) is 19.9 Å². The third-order valence-electron chi connectivity index (χ3n) is 1.86. The molecule has 2 aromatic heterocycles. The average Bonchev–Trinajstić information content (AvgIpc) is 2.44. The van der Waals surface area contributed by atoms with Gasteiger partial charge in [-0.1, -0.05) is 0 Å². The number of nitrogens with zero attached hydrogens (tertiary/aromatic N) is 4. The molecular weight excluding hydrogens is 232 g/mol. The number of ether oxygens (including phenoxy) is 2. The SMILES string of the molecule is CCOc1nc(OC)cnc1C.c1cnccn1. The van der Waals surface area contributed by atoms with E-state index in [0.29, 0.717) is 18.4 Å². The molecular formula is C12H16N4O2. The van der Waals surface area contributed by atoms with Crippen LogP contribution < -0.4 is 9.47 Å². The predicted octanol–water partition coefficient (Wildman–Crippen LogP) is 1.67. The fourth-order valence-electron chi connectivity index (χ4n) is 1.04. The van der Waals surface area contributed by atoms with Gasteiger partial charge >= 0.3 is 0 Å². The van der Waals surface area contributed by atoms with E-state index in [0.717, 1.165) is 5.69 Å². The molecule has 6 heteroatoms. The lowest BCUT2D eigenvalue weighted by molar-refractivity contribution is 0.311. The summed E-state index contributed by atoms with van der Waals surface area (Å²) < 4.78 is 10.1. The number of rotatable bonds is 3. The molecule has 2 aromatic rings. The van der Waals surface area contributed by atoms with E-state index < -0.39 is 0 Å². The van der Waals surface area contributed by atoms with Gasteiger partial charge in [-0.3, -0.25) is 15.0 Å². The van der Waals surface area contributed by atoms with Crippen molar-refractivity contribution in [1.82, 2.24) is 19.9 Å². The Morgan fingerprint density at radius 3 is 2.17 bits per heavy atom. The highest BCUT2D eigenvalue weighted by atomic mass is 16.5. The summed E-state index contributed by atoms with van der Waals surface area (Å²) >= 11 is 0. The summed E-state index contributed by atoms with van der Waals surface area (Å²) in [4.78, 5) is 15.6. The van der Waals surface area contributed by atoms with Gasteiger partial charge in [-0.25, -0.2) is 0 Å². The van der Waals surface area contributed by atoms with Crippen molar-refractivity contribution in [2.75, 3.05) is 13.7 Å². The van der Waals surface area contributed by atoms with Gasteiger partial charge in [0.25, 0.3) is 0 Å². The summed E-state index contributed by atoms with van der Waals surface area (Å²) in [5, 5.41) is 0. The van der Waals surface area contributed by atoms with Crippen LogP contribution in [0.1, 0.15) is 12.6 Å². The molecule has 0 atom stereocenters. The molecule has 0 aliphatic rings. The minimum atomic E-state index is 0.476. The average molecular weight is 248 g/mol. The molecule has 0 spiro atoms. The van der Waals surface area contributed by atoms with Crippen LogP contribution >= 0.6 is 0 Å². The molecule has 0 bridgehead atoms. The van der Waals surface area contributed by atoms with Crippen molar-refractivity contribution in [3.63, 3.8) is 0 Å². The molecule has 18 heavy (non-hydrogen) atoms. The summed E-state index contributed by atoms with van der Waals surface area (Å²) in [6.45, 7) is 4.33. The third kappa shape index (κ3) is 4.73. The minimum absolute atomic E-state index is 0.476. The zero-order valence-electron chi connectivity index (χ0n) is 10.7. The molecule has 2 heterocycles. The summed E-state index contributed by atoms with van der Waals surface area (Å²) in [6, 6.07) is 0. The maximum Gasteiger partial charge on any atom is 0.238 e. The smallest absolute Gasteiger partial charge is 0.238 e. The number of hydrogen-bond acceptors (Lipinski definition) is 6. The van der Waals surface area contributed by atoms with Gasteiger partial charge in [0.15, 0.2) is 0 Å². The third-order valence-corrected chi connectivity index (χ3v) is 1.86. The van der Waals surface area contributed by atoms with Gasteiger partial charge < -0.3 is 9.47 Å². The van der Waals surface area contributed by atoms with Crippen molar-refractivity contribution in [1.29, 1.82) is 0 Å². The number of methoxy groups -OCH3 is 1. The molecule has 0 aromatic carbocycles. The van der Waals surface area contributed by atoms with Crippen LogP contribution in [-0.2, 0) is 0 Å². The van der Waals surface area contributed by atoms with E-state index in [-0.39, 0.29) is 0 Å². The Balaban J connectivity index is 0.000000225. The van der Waals surface area contributed by atoms with Gasteiger partial charge in [0.05, 0.1) is 25.6 Å². The van der Waals surface area contributed by atoms with Crippen LogP contribution in [0.3, 0.4) is 0 Å². The van der Waals surface area contributed by atoms with Gasteiger partial charge in [-0.2, -0.15) is 4.98 Å². The Hall–Kier alpha value is -2.24. The molecule has 0 amide bonds. The fourth-order valence-corrected chi connectivity index (χ4v) is 1.04. The van der Waals surface area contributed by atoms with Crippen molar-refractivity contribution >= 4 is 0 Å². The molecule has 6 nitrogen and oxygen atoms in total. The molecule has 0 unspecified atom stereocenters. The number of aryl methyl sites for hydroxylation is 1. The van der Waals surface area contributed by atoms with Crippen LogP contribution in [0, 0.1) is 6.92 Å². The van der Waals surface area contributed by atoms with Crippen molar-refractivity contribution < 1.29 is 9.47 Å². The molecule has 0 fully saturated rings. The molecule has 96 valence electrons. The Morgan fingerprint density at radius 2 is 1.72 bits per heavy atom. The van der Waals surface area contributed by atoms with E-state index in [9.17, 15) is 0 Å². The zero-order valence-corrected chi connectivity index (χ0v) is 10.7. The topological polar surface area (TPSA) is 70.0 Å². The fraction of sp³-hybridized carbons (Fsp3) is 0.333. The maximum atomic E-state index is 5.23. The predicted molar refractivity (Wildman–Crippen MR) is 66.5 cm³/mol. The molecule has 0 saturated heterocycles. The van der Waals surface area contributed by atoms with E-state index in [4.69, 9.17) is 9.47 Å². The second kappa shape index (κ2) is 7.94. The van der Waals surface area contributed by atoms with Gasteiger partial charge in [-0.05, 0) is 13.8 Å². The summed E-state index contributed by atoms with van der Waals surface area (Å²) in [6.07, 6.45) is 8.12. The van der Waals surface area contributed by atoms with Crippen LogP contribution in [-0.4, -0.2) is 33.7 Å². The molecule has 0 aliphatic carbocycles. The highest BCUT2D eigenvalue weighted by molar-refractivity contribution is 5.21. The normalized spacial score (nSPS) is 9.06. The Labute approximate surface area is 106 Å². The van der Waals surface area contributed by atoms with Crippen LogP contribution in [0.4, 0.5) is 0 Å². The Morgan fingerprint density at radius 1 is 1.11 bits per heavy atom. The van der Waals surface area contributed by atoms with Crippen LogP contribution in [0.2, 0.25) is 0 Å². The number of hydrogen-bond donors (Lipinski definition) is 0. The lowest BCUT2D eigenvalue weighted by atomic mass is 10.5. The lowest BCUT2D eigenvalue weighted by Crippen LogP contribution is -2.00. The highest BCUT2D eigenvalue weighted by Gasteiger charge is 2.03. The van der Waals surface area contributed by atoms with Crippen LogP contribution in [0.15, 0.2) is 31.0 Å². The molecule has 2 rings (SSSR count). The molecule has 0 N–H and O–H groups in total. The molecule has 0 saturated carbocycles. The first kappa shape index (κ1) is 13.8. The van der Waals surface area contributed by atoms with Crippen molar-refractivity contribution in [2.45, 2.75) is 13.8 Å². The molecule has 0 radical (unpaired) electrons. The summed E-state index contributed by atoms with van der Waals surface area (Å²) in [7, 11) is 1.55. The quantitative estimate of drug-likeness (QED) is 0.822. The molecule has 0 aliphatic heterocycles. The van der Waals surface area contributed by atoms with Crippen molar-refractivity contribution in [2.24, 2.45) is 0 Å². The lowest BCUT2D eigenvalue weighted by Gasteiger charge is -2.05. The van der Waals surface area contributed by atoms with Gasteiger partial charge in [0, 0.05) is 24.8 Å². The first-order chi connectivity index (χ1) is 8.77. The second-order valence-electron chi connectivity index (χ2n) is 3.13. The summed E-state index contributed by atoms with van der Waals surface area (Å²) in [5.74, 6) is 1.01. The number of aromatic nitrogens is 4. The Kier molecular flexibility index (Phi) is 6.10. The summed E-state index contributed by atoms with van der Waals surface area (Å²) in [5.41, 5.74) is 0.776. The maximum absolute atomic E-state index is 5.23. The minimum Gasteiger partial charge on any atom is -0.480 e. The van der Waals surface area contributed by atoms with Crippen LogP contribution in [0.25, 0.3) is 0 Å². The van der Waals surface area contributed by atoms with Crippen molar-refractivity contribution in [3.8, 4) is 11.8 Å². The Bertz CT molecular complexity index is 424. The van der Waals surface area contributed by atoms with E-state index >= 15 is 0 Å². The highest BCUT2D eigenvalue weighted by Crippen LogP contribution is 2.15. The largest absolute Gasteiger partial charge is 0.480 e. The van der Waals surface area contributed by atoms with Crippen LogP contribution in [0.5, 0.6) is 11.8 Å². The van der Waals surface area contributed by atoms with Crippen molar-refractivity contribution in [3.05, 3.63) is 36.7 Å². The second-order valence-corrected chi connectivity index (χ2v) is 3.13. The van der Waals surface area contributed by atoms with Gasteiger partial charge in [0.2, 0.25) is 11.8 Å². The van der Waals surface area contributed by atoms with E-state index in [1.165, 1.54) is 0 Å². The monoisotopic (exact) mass is 248 g/mol.